The second-order valence-corrected chi connectivity index (χ2v) is 7.79. The van der Waals surface area contributed by atoms with E-state index in [0.717, 1.165) is 42.6 Å². The normalized spacial score (nSPS) is 15.8. The number of carbonyl (C=O) groups is 1. The quantitative estimate of drug-likeness (QED) is 0.887. The Balaban J connectivity index is 2.27. The van der Waals surface area contributed by atoms with Gasteiger partial charge in [-0.1, -0.05) is 0 Å². The molecule has 1 aromatic heterocycles. The first-order valence-electron chi connectivity index (χ1n) is 7.31. The van der Waals surface area contributed by atoms with Gasteiger partial charge in [0.2, 0.25) is 21.9 Å². The van der Waals surface area contributed by atoms with Crippen molar-refractivity contribution in [3.8, 4) is 0 Å². The fraction of sp³-hybridized carbons (Fsp3) is 0.643. The molecule has 0 radical (unpaired) electrons. The van der Waals surface area contributed by atoms with Crippen LogP contribution in [0.5, 0.6) is 0 Å². The van der Waals surface area contributed by atoms with Gasteiger partial charge in [0.05, 0.1) is 0 Å². The van der Waals surface area contributed by atoms with E-state index in [1.54, 1.807) is 0 Å². The van der Waals surface area contributed by atoms with Crippen molar-refractivity contribution < 1.29 is 13.2 Å². The van der Waals surface area contributed by atoms with Gasteiger partial charge in [0.15, 0.2) is 5.25 Å². The number of aryl methyl sites for hydroxylation is 2. The number of rotatable bonds is 4. The lowest BCUT2D eigenvalue weighted by Crippen LogP contribution is -2.40. The van der Waals surface area contributed by atoms with Crippen molar-refractivity contribution in [3.05, 3.63) is 17.0 Å². The summed E-state index contributed by atoms with van der Waals surface area (Å²) in [6.07, 6.45) is 3.92. The molecule has 7 nitrogen and oxygen atoms in total. The highest BCUT2D eigenvalue weighted by Gasteiger charge is 2.30. The predicted molar refractivity (Wildman–Crippen MR) is 84.1 cm³/mol. The molecule has 0 aliphatic heterocycles. The zero-order chi connectivity index (χ0) is 16.5. The van der Waals surface area contributed by atoms with E-state index in [1.165, 1.54) is 25.9 Å². The minimum atomic E-state index is -3.87. The van der Waals surface area contributed by atoms with Crippen LogP contribution in [0.1, 0.15) is 36.7 Å². The van der Waals surface area contributed by atoms with Gasteiger partial charge in [0.1, 0.15) is 0 Å². The van der Waals surface area contributed by atoms with Gasteiger partial charge in [-0.2, -0.15) is 0 Å². The number of fused-ring (bicyclic) bond motifs is 1. The highest BCUT2D eigenvalue weighted by molar-refractivity contribution is 7.94. The molecule has 1 heterocycles. The zero-order valence-electron chi connectivity index (χ0n) is 13.4. The van der Waals surface area contributed by atoms with Gasteiger partial charge < -0.3 is 4.90 Å². The monoisotopic (exact) mass is 326 g/mol. The summed E-state index contributed by atoms with van der Waals surface area (Å²) in [5.74, 6) is -0.432. The number of hydrogen-bond donors (Lipinski definition) is 1. The maximum Gasteiger partial charge on any atom is 0.246 e. The number of nitrogens with zero attached hydrogens (tertiary/aromatic N) is 3. The number of hydrogen-bond acceptors (Lipinski definition) is 5. The van der Waals surface area contributed by atoms with Crippen molar-refractivity contribution in [2.75, 3.05) is 18.8 Å². The van der Waals surface area contributed by atoms with Gasteiger partial charge in [-0.05, 0) is 45.1 Å². The summed E-state index contributed by atoms with van der Waals surface area (Å²) < 4.78 is 26.9. The average molecular weight is 326 g/mol. The van der Waals surface area contributed by atoms with E-state index in [1.807, 2.05) is 6.92 Å². The van der Waals surface area contributed by atoms with Crippen molar-refractivity contribution in [1.82, 2.24) is 14.9 Å². The van der Waals surface area contributed by atoms with Crippen LogP contribution in [0.3, 0.4) is 0 Å². The van der Waals surface area contributed by atoms with Crippen LogP contribution in [0.4, 0.5) is 5.95 Å². The Labute approximate surface area is 131 Å². The summed E-state index contributed by atoms with van der Waals surface area (Å²) in [7, 11) is -0.824. The summed E-state index contributed by atoms with van der Waals surface area (Å²) in [5.41, 5.74) is 2.82. The highest BCUT2D eigenvalue weighted by Crippen LogP contribution is 2.23. The fourth-order valence-electron chi connectivity index (χ4n) is 2.54. The molecule has 2 rings (SSSR count). The Bertz CT molecular complexity index is 686. The van der Waals surface area contributed by atoms with E-state index >= 15 is 0 Å². The number of sulfonamides is 1. The minimum absolute atomic E-state index is 0.0524. The van der Waals surface area contributed by atoms with Crippen LogP contribution in [-0.4, -0.2) is 48.5 Å². The average Bonchev–Trinajstić information content (AvgIpc) is 2.45. The van der Waals surface area contributed by atoms with Crippen molar-refractivity contribution in [2.24, 2.45) is 0 Å². The molecule has 1 aromatic rings. The Hall–Kier alpha value is -1.70. The topological polar surface area (TPSA) is 92.3 Å². The third kappa shape index (κ3) is 3.37. The predicted octanol–water partition coefficient (Wildman–Crippen LogP) is 0.882. The molecule has 1 aliphatic rings. The second-order valence-electron chi connectivity index (χ2n) is 5.79. The standard InChI is InChI=1S/C14H22N4O3S/c1-9-11-7-5-6-8-12(11)16-14(15-9)17-22(20,21)10(2)13(19)18(3)4/h10H,5-8H2,1-4H3,(H,15,16,17)/t10-/m0/s1. The molecular weight excluding hydrogens is 304 g/mol. The molecule has 0 saturated heterocycles. The molecule has 0 aromatic carbocycles. The van der Waals surface area contributed by atoms with Gasteiger partial charge in [-0.25, -0.2) is 18.4 Å². The van der Waals surface area contributed by atoms with Crippen LogP contribution < -0.4 is 4.72 Å². The van der Waals surface area contributed by atoms with Crippen molar-refractivity contribution >= 4 is 21.9 Å². The minimum Gasteiger partial charge on any atom is -0.348 e. The molecule has 8 heteroatoms. The first kappa shape index (κ1) is 16.7. The van der Waals surface area contributed by atoms with Crippen LogP contribution in [0.15, 0.2) is 0 Å². The number of anilines is 1. The molecule has 1 N–H and O–H groups in total. The summed E-state index contributed by atoms with van der Waals surface area (Å²) in [6.45, 7) is 3.22. The molecule has 22 heavy (non-hydrogen) atoms. The Morgan fingerprint density at radius 3 is 2.50 bits per heavy atom. The molecule has 0 bridgehead atoms. The lowest BCUT2D eigenvalue weighted by atomic mass is 9.95. The molecule has 122 valence electrons. The second kappa shape index (κ2) is 6.20. The largest absolute Gasteiger partial charge is 0.348 e. The van der Waals surface area contributed by atoms with Crippen LogP contribution in [-0.2, 0) is 27.7 Å². The maximum absolute atomic E-state index is 12.3. The van der Waals surface area contributed by atoms with E-state index in [9.17, 15) is 13.2 Å². The molecule has 1 amide bonds. The highest BCUT2D eigenvalue weighted by atomic mass is 32.2. The Morgan fingerprint density at radius 1 is 1.23 bits per heavy atom. The van der Waals surface area contributed by atoms with E-state index in [0.29, 0.717) is 0 Å². The van der Waals surface area contributed by atoms with E-state index in [-0.39, 0.29) is 5.95 Å². The van der Waals surface area contributed by atoms with Crippen LogP contribution in [0.2, 0.25) is 0 Å². The first-order valence-corrected chi connectivity index (χ1v) is 8.86. The third-order valence-electron chi connectivity index (χ3n) is 3.88. The van der Waals surface area contributed by atoms with Gasteiger partial charge >= 0.3 is 0 Å². The van der Waals surface area contributed by atoms with Crippen LogP contribution in [0, 0.1) is 6.92 Å². The Morgan fingerprint density at radius 2 is 1.86 bits per heavy atom. The molecule has 1 aliphatic carbocycles. The number of carbonyl (C=O) groups excluding carboxylic acids is 1. The van der Waals surface area contributed by atoms with Gasteiger partial charge in [-0.3, -0.25) is 9.52 Å². The van der Waals surface area contributed by atoms with Crippen molar-refractivity contribution in [2.45, 2.75) is 44.8 Å². The van der Waals surface area contributed by atoms with E-state index in [4.69, 9.17) is 0 Å². The smallest absolute Gasteiger partial charge is 0.246 e. The van der Waals surface area contributed by atoms with Crippen LogP contribution in [0.25, 0.3) is 0 Å². The van der Waals surface area contributed by atoms with Gasteiger partial charge in [0.25, 0.3) is 0 Å². The molecule has 0 unspecified atom stereocenters. The van der Waals surface area contributed by atoms with Gasteiger partial charge in [0, 0.05) is 25.5 Å². The number of aromatic nitrogens is 2. The SMILES string of the molecule is Cc1nc(NS(=O)(=O)[C@@H](C)C(=O)N(C)C)nc2c1CCCC2. The molecule has 1 atom stereocenters. The summed E-state index contributed by atoms with van der Waals surface area (Å²) in [5, 5.41) is -1.19. The molecular formula is C14H22N4O3S. The van der Waals surface area contributed by atoms with Crippen molar-refractivity contribution in [3.63, 3.8) is 0 Å². The number of amides is 1. The lowest BCUT2D eigenvalue weighted by molar-refractivity contribution is -0.127. The number of nitrogens with one attached hydrogen (secondary N) is 1. The molecule has 0 fully saturated rings. The third-order valence-corrected chi connectivity index (χ3v) is 5.48. The zero-order valence-corrected chi connectivity index (χ0v) is 14.2. The van der Waals surface area contributed by atoms with Gasteiger partial charge in [-0.15, -0.1) is 0 Å². The van der Waals surface area contributed by atoms with Crippen LogP contribution >= 0.6 is 0 Å². The molecule has 0 saturated carbocycles. The fourth-order valence-corrected chi connectivity index (χ4v) is 3.54. The molecule has 0 spiro atoms. The summed E-state index contributed by atoms with van der Waals surface area (Å²) >= 11 is 0. The summed E-state index contributed by atoms with van der Waals surface area (Å²) in [4.78, 5) is 21.6. The first-order chi connectivity index (χ1) is 10.2. The summed E-state index contributed by atoms with van der Waals surface area (Å²) in [6, 6.07) is 0. The Kier molecular flexibility index (Phi) is 4.69. The van der Waals surface area contributed by atoms with E-state index in [2.05, 4.69) is 14.7 Å². The maximum atomic E-state index is 12.3. The lowest BCUT2D eigenvalue weighted by Gasteiger charge is -2.20. The van der Waals surface area contributed by atoms with E-state index < -0.39 is 21.2 Å². The van der Waals surface area contributed by atoms with Crippen molar-refractivity contribution in [1.29, 1.82) is 0 Å².